The summed E-state index contributed by atoms with van der Waals surface area (Å²) in [5.74, 6) is 0.617. The van der Waals surface area contributed by atoms with Crippen LogP contribution in [0.4, 0.5) is 11.4 Å². The van der Waals surface area contributed by atoms with Crippen molar-refractivity contribution < 1.29 is 4.79 Å². The van der Waals surface area contributed by atoms with Crippen molar-refractivity contribution in [1.82, 2.24) is 0 Å². The van der Waals surface area contributed by atoms with Crippen LogP contribution in [0.1, 0.15) is 12.0 Å². The van der Waals surface area contributed by atoms with Crippen LogP contribution in [-0.2, 0) is 4.79 Å². The van der Waals surface area contributed by atoms with E-state index in [1.54, 1.807) is 23.9 Å². The molecule has 21 heavy (non-hydrogen) atoms. The van der Waals surface area contributed by atoms with Crippen LogP contribution in [0.5, 0.6) is 0 Å². The van der Waals surface area contributed by atoms with Gasteiger partial charge in [0, 0.05) is 22.8 Å². The molecule has 0 aliphatic carbocycles. The van der Waals surface area contributed by atoms with E-state index >= 15 is 0 Å². The van der Waals surface area contributed by atoms with Crippen LogP contribution in [0.25, 0.3) is 0 Å². The second-order valence-corrected chi connectivity index (χ2v) is 6.16. The van der Waals surface area contributed by atoms with Gasteiger partial charge in [-0.15, -0.1) is 11.8 Å². The molecular formula is C16H17ClN2OS. The van der Waals surface area contributed by atoms with E-state index in [4.69, 9.17) is 17.3 Å². The fraction of sp³-hybridized carbons (Fsp3) is 0.188. The number of nitrogen functional groups attached to an aromatic ring is 1. The molecule has 0 radical (unpaired) electrons. The lowest BCUT2D eigenvalue weighted by Gasteiger charge is -2.09. The van der Waals surface area contributed by atoms with Gasteiger partial charge in [-0.25, -0.2) is 0 Å². The van der Waals surface area contributed by atoms with Gasteiger partial charge in [-0.05, 0) is 30.7 Å². The maximum Gasteiger partial charge on any atom is 0.225 e. The number of amides is 1. The molecule has 3 nitrogen and oxygen atoms in total. The Morgan fingerprint density at radius 2 is 2.00 bits per heavy atom. The highest BCUT2D eigenvalue weighted by atomic mass is 35.5. The molecule has 0 saturated carbocycles. The second-order valence-electron chi connectivity index (χ2n) is 4.61. The van der Waals surface area contributed by atoms with Crippen molar-refractivity contribution in [2.45, 2.75) is 18.2 Å². The number of thioether (sulfide) groups is 1. The number of para-hydroxylation sites is 2. The number of nitrogens with two attached hydrogens (primary N) is 1. The number of carbonyl (C=O) groups excluding carboxylic acids is 1. The Bertz CT molecular complexity index is 646. The normalized spacial score (nSPS) is 10.4. The molecule has 0 fully saturated rings. The fourth-order valence-corrected chi connectivity index (χ4v) is 2.99. The molecule has 0 aromatic heterocycles. The number of aryl methyl sites for hydroxylation is 1. The Kier molecular flexibility index (Phi) is 5.53. The van der Waals surface area contributed by atoms with Crippen LogP contribution in [0, 0.1) is 6.92 Å². The maximum absolute atomic E-state index is 11.9. The molecule has 0 bridgehead atoms. The van der Waals surface area contributed by atoms with Crippen molar-refractivity contribution in [1.29, 1.82) is 0 Å². The zero-order valence-electron chi connectivity index (χ0n) is 11.7. The van der Waals surface area contributed by atoms with E-state index in [-0.39, 0.29) is 5.91 Å². The minimum absolute atomic E-state index is 0.0539. The summed E-state index contributed by atoms with van der Waals surface area (Å²) in [6, 6.07) is 13.1. The van der Waals surface area contributed by atoms with Crippen LogP contribution < -0.4 is 11.1 Å². The number of hydrogen-bond donors (Lipinski definition) is 2. The van der Waals surface area contributed by atoms with E-state index in [2.05, 4.69) is 5.32 Å². The number of anilines is 2. The number of hydrogen-bond acceptors (Lipinski definition) is 3. The largest absolute Gasteiger partial charge is 0.398 e. The molecule has 0 unspecified atom stereocenters. The molecule has 0 saturated heterocycles. The maximum atomic E-state index is 11.9. The van der Waals surface area contributed by atoms with E-state index in [0.717, 1.165) is 16.1 Å². The summed E-state index contributed by atoms with van der Waals surface area (Å²) in [5, 5.41) is 3.35. The van der Waals surface area contributed by atoms with E-state index in [0.29, 0.717) is 22.9 Å². The van der Waals surface area contributed by atoms with Crippen molar-refractivity contribution in [2.24, 2.45) is 0 Å². The minimum atomic E-state index is -0.0539. The summed E-state index contributed by atoms with van der Waals surface area (Å²) in [6.45, 7) is 1.98. The van der Waals surface area contributed by atoms with E-state index in [1.807, 2.05) is 37.3 Å². The lowest BCUT2D eigenvalue weighted by molar-refractivity contribution is -0.115. The van der Waals surface area contributed by atoms with Gasteiger partial charge < -0.3 is 11.1 Å². The number of nitrogens with one attached hydrogen (secondary N) is 1. The highest BCUT2D eigenvalue weighted by Crippen LogP contribution is 2.28. The summed E-state index contributed by atoms with van der Waals surface area (Å²) >= 11 is 7.59. The number of carbonyl (C=O) groups is 1. The third kappa shape index (κ3) is 4.41. The third-order valence-electron chi connectivity index (χ3n) is 3.02. The Morgan fingerprint density at radius 1 is 1.24 bits per heavy atom. The molecule has 2 aromatic carbocycles. The smallest absolute Gasteiger partial charge is 0.225 e. The van der Waals surface area contributed by atoms with Crippen molar-refractivity contribution >= 4 is 40.6 Å². The van der Waals surface area contributed by atoms with Gasteiger partial charge in [-0.3, -0.25) is 4.79 Å². The van der Waals surface area contributed by atoms with Crippen LogP contribution in [0.15, 0.2) is 47.4 Å². The predicted molar refractivity (Wildman–Crippen MR) is 91.0 cm³/mol. The summed E-state index contributed by atoms with van der Waals surface area (Å²) < 4.78 is 0. The van der Waals surface area contributed by atoms with E-state index in [1.165, 1.54) is 0 Å². The van der Waals surface area contributed by atoms with Crippen molar-refractivity contribution in [3.8, 4) is 0 Å². The molecule has 0 atom stereocenters. The zero-order chi connectivity index (χ0) is 15.2. The molecule has 0 aliphatic rings. The predicted octanol–water partition coefficient (Wildman–Crippen LogP) is 4.35. The molecule has 2 rings (SSSR count). The quantitative estimate of drug-likeness (QED) is 0.636. The van der Waals surface area contributed by atoms with Gasteiger partial charge in [0.15, 0.2) is 0 Å². The monoisotopic (exact) mass is 320 g/mol. The molecule has 0 heterocycles. The van der Waals surface area contributed by atoms with Crippen LogP contribution >= 0.6 is 23.4 Å². The lowest BCUT2D eigenvalue weighted by Crippen LogP contribution is -2.12. The summed E-state index contributed by atoms with van der Waals surface area (Å²) in [6.07, 6.45) is 0.406. The topological polar surface area (TPSA) is 55.1 Å². The zero-order valence-corrected chi connectivity index (χ0v) is 13.3. The number of halogens is 1. The Morgan fingerprint density at radius 3 is 2.76 bits per heavy atom. The van der Waals surface area contributed by atoms with Gasteiger partial charge in [0.1, 0.15) is 0 Å². The van der Waals surface area contributed by atoms with Crippen LogP contribution in [0.2, 0.25) is 5.02 Å². The summed E-state index contributed by atoms with van der Waals surface area (Å²) in [4.78, 5) is 12.9. The summed E-state index contributed by atoms with van der Waals surface area (Å²) in [5.41, 5.74) is 8.49. The Hall–Kier alpha value is -1.65. The van der Waals surface area contributed by atoms with E-state index in [9.17, 15) is 4.79 Å². The third-order valence-corrected chi connectivity index (χ3v) is 4.42. The minimum Gasteiger partial charge on any atom is -0.398 e. The van der Waals surface area contributed by atoms with Gasteiger partial charge in [0.2, 0.25) is 5.91 Å². The summed E-state index contributed by atoms with van der Waals surface area (Å²) in [7, 11) is 0. The fourth-order valence-electron chi connectivity index (χ4n) is 1.81. The number of benzene rings is 2. The molecule has 3 N–H and O–H groups in total. The van der Waals surface area contributed by atoms with Crippen LogP contribution in [-0.4, -0.2) is 11.7 Å². The van der Waals surface area contributed by atoms with Crippen LogP contribution in [0.3, 0.4) is 0 Å². The lowest BCUT2D eigenvalue weighted by atomic mass is 10.2. The first-order chi connectivity index (χ1) is 10.1. The standard InChI is InChI=1S/C16H17ClN2OS/c1-11-5-4-8-14(16(11)18)21-10-9-15(20)19-13-7-3-2-6-12(13)17/h2-8H,9-10,18H2,1H3,(H,19,20). The second kappa shape index (κ2) is 7.38. The van der Waals surface area contributed by atoms with Crippen molar-refractivity contribution in [2.75, 3.05) is 16.8 Å². The molecule has 1 amide bonds. The number of rotatable bonds is 5. The molecular weight excluding hydrogens is 304 g/mol. The molecule has 110 valence electrons. The van der Waals surface area contributed by atoms with Gasteiger partial charge in [-0.1, -0.05) is 35.9 Å². The van der Waals surface area contributed by atoms with Gasteiger partial charge in [0.25, 0.3) is 0 Å². The molecule has 0 aliphatic heterocycles. The average molecular weight is 321 g/mol. The van der Waals surface area contributed by atoms with Crippen molar-refractivity contribution in [3.05, 3.63) is 53.1 Å². The van der Waals surface area contributed by atoms with Gasteiger partial charge in [-0.2, -0.15) is 0 Å². The van der Waals surface area contributed by atoms with Gasteiger partial charge in [0.05, 0.1) is 10.7 Å². The molecule has 0 spiro atoms. The average Bonchev–Trinajstić information content (AvgIpc) is 2.46. The van der Waals surface area contributed by atoms with Gasteiger partial charge >= 0.3 is 0 Å². The highest BCUT2D eigenvalue weighted by molar-refractivity contribution is 7.99. The van der Waals surface area contributed by atoms with E-state index < -0.39 is 0 Å². The highest BCUT2D eigenvalue weighted by Gasteiger charge is 2.07. The first kappa shape index (κ1) is 15.7. The Balaban J connectivity index is 1.85. The SMILES string of the molecule is Cc1cccc(SCCC(=O)Nc2ccccc2Cl)c1N. The first-order valence-electron chi connectivity index (χ1n) is 6.60. The Labute approximate surface area is 133 Å². The van der Waals surface area contributed by atoms with Crippen molar-refractivity contribution in [3.63, 3.8) is 0 Å². The molecule has 2 aromatic rings. The first-order valence-corrected chi connectivity index (χ1v) is 7.96. The molecule has 5 heteroatoms.